The van der Waals surface area contributed by atoms with Crippen molar-refractivity contribution in [2.45, 2.75) is 18.6 Å². The van der Waals surface area contributed by atoms with E-state index in [4.69, 9.17) is 17.3 Å². The Morgan fingerprint density at radius 3 is 2.76 bits per heavy atom. The lowest BCUT2D eigenvalue weighted by atomic mass is 10.1. The fraction of sp³-hybridized carbons (Fsp3) is 0.333. The van der Waals surface area contributed by atoms with Crippen LogP contribution in [-0.2, 0) is 6.42 Å². The lowest BCUT2D eigenvalue weighted by Crippen LogP contribution is -2.39. The van der Waals surface area contributed by atoms with Crippen molar-refractivity contribution in [1.29, 1.82) is 0 Å². The van der Waals surface area contributed by atoms with E-state index >= 15 is 0 Å². The van der Waals surface area contributed by atoms with Gasteiger partial charge in [0.25, 0.3) is 0 Å². The van der Waals surface area contributed by atoms with Gasteiger partial charge >= 0.3 is 6.18 Å². The van der Waals surface area contributed by atoms with Crippen LogP contribution in [0.15, 0.2) is 12.5 Å². The average Bonchev–Trinajstić information content (AvgIpc) is 2.61. The summed E-state index contributed by atoms with van der Waals surface area (Å²) in [6, 6.07) is -1.93. The van der Waals surface area contributed by atoms with Crippen molar-refractivity contribution < 1.29 is 13.2 Å². The minimum Gasteiger partial charge on any atom is -0.346 e. The Bertz CT molecular complexity index is 537. The largest absolute Gasteiger partial charge is 0.403 e. The number of rotatable bonds is 2. The van der Waals surface area contributed by atoms with E-state index in [2.05, 4.69) is 15.0 Å². The number of H-pyrrole nitrogens is 1. The molecule has 1 atom stereocenters. The smallest absolute Gasteiger partial charge is 0.346 e. The molecule has 0 aliphatic heterocycles. The SMILES string of the molecule is NC(Cc1c[nH]c2ncnc(Cl)c12)C(F)(F)F. The number of nitrogens with one attached hydrogen (secondary N) is 1. The molecule has 0 aromatic carbocycles. The Hall–Kier alpha value is -1.34. The van der Waals surface area contributed by atoms with Crippen molar-refractivity contribution >= 4 is 22.6 Å². The second-order valence-corrected chi connectivity index (χ2v) is 3.91. The summed E-state index contributed by atoms with van der Waals surface area (Å²) < 4.78 is 37.0. The van der Waals surface area contributed by atoms with E-state index in [9.17, 15) is 13.2 Å². The van der Waals surface area contributed by atoms with E-state index in [1.54, 1.807) is 0 Å². The van der Waals surface area contributed by atoms with Gasteiger partial charge < -0.3 is 10.7 Å². The second kappa shape index (κ2) is 4.15. The van der Waals surface area contributed by atoms with Crippen molar-refractivity contribution in [3.63, 3.8) is 0 Å². The van der Waals surface area contributed by atoms with Crippen LogP contribution in [0.25, 0.3) is 11.0 Å². The van der Waals surface area contributed by atoms with E-state index in [-0.39, 0.29) is 11.6 Å². The lowest BCUT2D eigenvalue weighted by Gasteiger charge is -2.14. The fourth-order valence-corrected chi connectivity index (χ4v) is 1.75. The topological polar surface area (TPSA) is 67.6 Å². The third kappa shape index (κ3) is 2.34. The highest BCUT2D eigenvalue weighted by atomic mass is 35.5. The number of halogens is 4. The van der Waals surface area contributed by atoms with Gasteiger partial charge in [-0.2, -0.15) is 13.2 Å². The van der Waals surface area contributed by atoms with Crippen molar-refractivity contribution in [3.05, 3.63) is 23.2 Å². The van der Waals surface area contributed by atoms with Gasteiger partial charge in [-0.1, -0.05) is 11.6 Å². The molecule has 2 aromatic rings. The zero-order valence-corrected chi connectivity index (χ0v) is 9.18. The van der Waals surface area contributed by atoms with Crippen LogP contribution in [0.3, 0.4) is 0 Å². The quantitative estimate of drug-likeness (QED) is 0.816. The highest BCUT2D eigenvalue weighted by Gasteiger charge is 2.37. The number of aromatic nitrogens is 3. The van der Waals surface area contributed by atoms with Gasteiger partial charge in [-0.05, 0) is 12.0 Å². The average molecular weight is 265 g/mol. The molecule has 2 aromatic heterocycles. The number of nitrogens with two attached hydrogens (primary N) is 1. The van der Waals surface area contributed by atoms with Gasteiger partial charge in [-0.3, -0.25) is 0 Å². The third-order valence-electron chi connectivity index (χ3n) is 2.37. The minimum absolute atomic E-state index is 0.112. The fourth-order valence-electron chi connectivity index (χ4n) is 1.50. The molecular formula is C9H8ClF3N4. The minimum atomic E-state index is -4.44. The van der Waals surface area contributed by atoms with E-state index in [0.717, 1.165) is 0 Å². The molecule has 0 spiro atoms. The molecule has 4 nitrogen and oxygen atoms in total. The Balaban J connectivity index is 2.37. The van der Waals surface area contributed by atoms with Crippen LogP contribution >= 0.6 is 11.6 Å². The molecular weight excluding hydrogens is 257 g/mol. The van der Waals surface area contributed by atoms with Crippen molar-refractivity contribution in [1.82, 2.24) is 15.0 Å². The number of aromatic amines is 1. The molecule has 1 unspecified atom stereocenters. The molecule has 0 aliphatic rings. The number of alkyl halides is 3. The van der Waals surface area contributed by atoms with Gasteiger partial charge in [-0.25, -0.2) is 9.97 Å². The van der Waals surface area contributed by atoms with Gasteiger partial charge in [0.1, 0.15) is 23.2 Å². The highest BCUT2D eigenvalue weighted by Crippen LogP contribution is 2.27. The summed E-state index contributed by atoms with van der Waals surface area (Å²) in [6.45, 7) is 0. The molecule has 0 fully saturated rings. The van der Waals surface area contributed by atoms with Gasteiger partial charge in [-0.15, -0.1) is 0 Å². The standard InChI is InChI=1S/C9H8ClF3N4/c10-7-6-4(1-5(14)9(11,12)13)2-15-8(6)17-3-16-7/h2-3,5H,1,14H2,(H,15,16,17). The van der Waals surface area contributed by atoms with Crippen molar-refractivity contribution in [3.8, 4) is 0 Å². The molecule has 92 valence electrons. The number of nitrogens with zero attached hydrogens (tertiary/aromatic N) is 2. The van der Waals surface area contributed by atoms with Crippen LogP contribution in [0.1, 0.15) is 5.56 Å². The summed E-state index contributed by atoms with van der Waals surface area (Å²) in [4.78, 5) is 10.3. The maximum Gasteiger partial charge on any atom is 0.403 e. The zero-order valence-electron chi connectivity index (χ0n) is 8.42. The summed E-state index contributed by atoms with van der Waals surface area (Å²) in [6.07, 6.45) is -2.16. The number of hydrogen-bond acceptors (Lipinski definition) is 3. The molecule has 0 amide bonds. The Morgan fingerprint density at radius 1 is 1.41 bits per heavy atom. The van der Waals surface area contributed by atoms with Crippen LogP contribution in [0.5, 0.6) is 0 Å². The summed E-state index contributed by atoms with van der Waals surface area (Å²) in [5.74, 6) is 0. The first kappa shape index (κ1) is 12.1. The molecule has 0 aliphatic carbocycles. The second-order valence-electron chi connectivity index (χ2n) is 3.55. The van der Waals surface area contributed by atoms with Gasteiger partial charge in [0, 0.05) is 6.20 Å². The molecule has 2 rings (SSSR count). The highest BCUT2D eigenvalue weighted by molar-refractivity contribution is 6.34. The van der Waals surface area contributed by atoms with E-state index in [1.165, 1.54) is 12.5 Å². The van der Waals surface area contributed by atoms with Crippen molar-refractivity contribution in [2.75, 3.05) is 0 Å². The van der Waals surface area contributed by atoms with Gasteiger partial charge in [0.05, 0.1) is 5.39 Å². The monoisotopic (exact) mass is 264 g/mol. The molecule has 17 heavy (non-hydrogen) atoms. The molecule has 0 radical (unpaired) electrons. The first-order valence-electron chi connectivity index (χ1n) is 4.68. The molecule has 2 heterocycles. The van der Waals surface area contributed by atoms with Crippen LogP contribution in [0.4, 0.5) is 13.2 Å². The molecule has 0 bridgehead atoms. The molecule has 8 heteroatoms. The summed E-state index contributed by atoms with van der Waals surface area (Å²) in [5.41, 5.74) is 5.81. The Labute approximate surface area is 99.0 Å². The Kier molecular flexibility index (Phi) is 2.96. The van der Waals surface area contributed by atoms with Crippen LogP contribution < -0.4 is 5.73 Å². The first-order valence-corrected chi connectivity index (χ1v) is 5.06. The summed E-state index contributed by atoms with van der Waals surface area (Å²) in [7, 11) is 0. The van der Waals surface area contributed by atoms with Crippen LogP contribution in [0, 0.1) is 0 Å². The van der Waals surface area contributed by atoms with Crippen LogP contribution in [-0.4, -0.2) is 27.2 Å². The predicted molar refractivity (Wildman–Crippen MR) is 56.6 cm³/mol. The Morgan fingerprint density at radius 2 is 2.12 bits per heavy atom. The molecule has 0 saturated carbocycles. The molecule has 0 saturated heterocycles. The van der Waals surface area contributed by atoms with Gasteiger partial charge in [0.2, 0.25) is 0 Å². The maximum absolute atomic E-state index is 12.3. The summed E-state index contributed by atoms with van der Waals surface area (Å²) >= 11 is 5.81. The third-order valence-corrected chi connectivity index (χ3v) is 2.65. The van der Waals surface area contributed by atoms with E-state index in [1.807, 2.05) is 0 Å². The van der Waals surface area contributed by atoms with E-state index in [0.29, 0.717) is 16.6 Å². The van der Waals surface area contributed by atoms with E-state index < -0.39 is 12.2 Å². The maximum atomic E-state index is 12.3. The summed E-state index contributed by atoms with van der Waals surface area (Å²) in [5, 5.41) is 0.495. The molecule has 3 N–H and O–H groups in total. The number of hydrogen-bond donors (Lipinski definition) is 2. The normalized spacial score (nSPS) is 14.2. The van der Waals surface area contributed by atoms with Crippen LogP contribution in [0.2, 0.25) is 5.15 Å². The van der Waals surface area contributed by atoms with Gasteiger partial charge in [0.15, 0.2) is 0 Å². The zero-order chi connectivity index (χ0) is 12.6. The number of fused-ring (bicyclic) bond motifs is 1. The predicted octanol–water partition coefficient (Wildman–Crippen LogP) is 2.04. The first-order chi connectivity index (χ1) is 7.89. The van der Waals surface area contributed by atoms with Crippen molar-refractivity contribution in [2.24, 2.45) is 5.73 Å². The lowest BCUT2D eigenvalue weighted by molar-refractivity contribution is -0.147.